The molecule has 2 heterocycles. The first-order valence-corrected chi connectivity index (χ1v) is 10.2. The van der Waals surface area contributed by atoms with Gasteiger partial charge in [0.05, 0.1) is 24.7 Å². The van der Waals surface area contributed by atoms with Crippen LogP contribution in [0.15, 0.2) is 55.0 Å². The highest BCUT2D eigenvalue weighted by Gasteiger charge is 2.17. The van der Waals surface area contributed by atoms with Gasteiger partial charge in [-0.05, 0) is 41.8 Å². The molecule has 0 saturated heterocycles. The molecular formula is C24H22FN5O3. The summed E-state index contributed by atoms with van der Waals surface area (Å²) in [4.78, 5) is 36.5. The maximum atomic E-state index is 13.4. The van der Waals surface area contributed by atoms with E-state index in [1.54, 1.807) is 38.4 Å². The van der Waals surface area contributed by atoms with E-state index in [-0.39, 0.29) is 30.4 Å². The number of nitrogens with one attached hydrogen (secondary N) is 3. The fourth-order valence-corrected chi connectivity index (χ4v) is 3.45. The maximum absolute atomic E-state index is 13.4. The number of nitrogens with zero attached hydrogens (tertiary/aromatic N) is 2. The van der Waals surface area contributed by atoms with Crippen molar-refractivity contribution < 1.29 is 18.7 Å². The number of carbonyl (C=O) groups is 2. The first-order chi connectivity index (χ1) is 15.9. The smallest absolute Gasteiger partial charge is 0.272 e. The number of rotatable bonds is 7. The van der Waals surface area contributed by atoms with Crippen LogP contribution in [0.4, 0.5) is 10.1 Å². The van der Waals surface area contributed by atoms with Gasteiger partial charge < -0.3 is 20.4 Å². The van der Waals surface area contributed by atoms with E-state index in [1.165, 1.54) is 12.4 Å². The van der Waals surface area contributed by atoms with Gasteiger partial charge in [-0.15, -0.1) is 0 Å². The monoisotopic (exact) mass is 447 g/mol. The van der Waals surface area contributed by atoms with Gasteiger partial charge in [-0.2, -0.15) is 0 Å². The van der Waals surface area contributed by atoms with Crippen molar-refractivity contribution in [1.82, 2.24) is 20.3 Å². The molecule has 0 bridgehead atoms. The minimum absolute atomic E-state index is 0.145. The summed E-state index contributed by atoms with van der Waals surface area (Å²) in [5.41, 5.74) is 3.50. The largest absolute Gasteiger partial charge is 0.497 e. The number of aromatic amines is 1. The molecule has 0 saturated carbocycles. The molecule has 3 N–H and O–H groups in total. The number of benzene rings is 2. The predicted octanol–water partition coefficient (Wildman–Crippen LogP) is 3.53. The number of aryl methyl sites for hydroxylation is 1. The second-order valence-electron chi connectivity index (χ2n) is 7.49. The highest BCUT2D eigenvalue weighted by atomic mass is 19.1. The van der Waals surface area contributed by atoms with Gasteiger partial charge in [0.2, 0.25) is 5.91 Å². The van der Waals surface area contributed by atoms with Crippen LogP contribution in [-0.2, 0) is 17.8 Å². The highest BCUT2D eigenvalue weighted by molar-refractivity contribution is 6.08. The maximum Gasteiger partial charge on any atom is 0.272 e. The summed E-state index contributed by atoms with van der Waals surface area (Å²) in [6, 6.07) is 11.9. The summed E-state index contributed by atoms with van der Waals surface area (Å²) in [5.74, 6) is -0.275. The molecule has 0 unspecified atom stereocenters. The first-order valence-electron chi connectivity index (χ1n) is 10.2. The van der Waals surface area contributed by atoms with Gasteiger partial charge >= 0.3 is 0 Å². The van der Waals surface area contributed by atoms with Crippen molar-refractivity contribution in [3.8, 4) is 5.75 Å². The Morgan fingerprint density at radius 2 is 1.97 bits per heavy atom. The third kappa shape index (κ3) is 4.98. The summed E-state index contributed by atoms with van der Waals surface area (Å²) in [5, 5.41) is 5.59. The van der Waals surface area contributed by atoms with Crippen molar-refractivity contribution >= 4 is 28.5 Å². The number of H-pyrrole nitrogens is 1. The van der Waals surface area contributed by atoms with Gasteiger partial charge in [-0.1, -0.05) is 24.3 Å². The van der Waals surface area contributed by atoms with Gasteiger partial charge in [0, 0.05) is 12.7 Å². The summed E-state index contributed by atoms with van der Waals surface area (Å²) < 4.78 is 18.6. The van der Waals surface area contributed by atoms with E-state index >= 15 is 0 Å². The zero-order valence-corrected chi connectivity index (χ0v) is 18.1. The Hall–Kier alpha value is -4.27. The number of hydrogen-bond donors (Lipinski definition) is 3. The number of hydrogen-bond acceptors (Lipinski definition) is 5. The Kier molecular flexibility index (Phi) is 6.30. The average molecular weight is 447 g/mol. The number of anilines is 1. The van der Waals surface area contributed by atoms with Crippen LogP contribution >= 0.6 is 0 Å². The quantitative estimate of drug-likeness (QED) is 0.402. The van der Waals surface area contributed by atoms with E-state index in [4.69, 9.17) is 4.74 Å². The number of halogens is 1. The van der Waals surface area contributed by atoms with E-state index in [0.717, 1.165) is 11.1 Å². The molecule has 168 valence electrons. The number of ether oxygens (including phenoxy) is 1. The second-order valence-corrected chi connectivity index (χ2v) is 7.49. The molecule has 2 aromatic heterocycles. The molecule has 2 amide bonds. The van der Waals surface area contributed by atoms with Crippen molar-refractivity contribution in [2.75, 3.05) is 12.4 Å². The third-order valence-electron chi connectivity index (χ3n) is 5.13. The van der Waals surface area contributed by atoms with E-state index < -0.39 is 5.91 Å². The van der Waals surface area contributed by atoms with Crippen LogP contribution in [0.3, 0.4) is 0 Å². The minimum atomic E-state index is -0.416. The topological polar surface area (TPSA) is 109 Å². The summed E-state index contributed by atoms with van der Waals surface area (Å²) in [6.07, 6.45) is 2.99. The van der Waals surface area contributed by atoms with Crippen LogP contribution in [0.25, 0.3) is 11.0 Å². The Bertz CT molecular complexity index is 1330. The van der Waals surface area contributed by atoms with Crippen LogP contribution in [0, 0.1) is 12.7 Å². The highest BCUT2D eigenvalue weighted by Crippen LogP contribution is 2.23. The average Bonchev–Trinajstić information content (AvgIpc) is 3.22. The molecular weight excluding hydrogens is 425 g/mol. The van der Waals surface area contributed by atoms with Crippen LogP contribution in [0.2, 0.25) is 0 Å². The molecule has 33 heavy (non-hydrogen) atoms. The van der Waals surface area contributed by atoms with E-state index in [1.807, 2.05) is 18.2 Å². The molecule has 0 aliphatic carbocycles. The van der Waals surface area contributed by atoms with Crippen molar-refractivity contribution in [3.05, 3.63) is 83.2 Å². The second kappa shape index (κ2) is 9.47. The van der Waals surface area contributed by atoms with Gasteiger partial charge in [0.25, 0.3) is 5.91 Å². The standard InChI is InChI=1S/C24H22FN5O3/c1-14-8-16(6-7-18(14)25)11-27-24(32)23-22-21(28-13-29-23)19(12-26-22)30-20(31)10-15-4-3-5-17(9-15)33-2/h3-9,12-13,26H,10-11H2,1-2H3,(H,27,32)(H,30,31). The van der Waals surface area contributed by atoms with E-state index in [0.29, 0.717) is 28.0 Å². The third-order valence-corrected chi connectivity index (χ3v) is 5.13. The summed E-state index contributed by atoms with van der Waals surface area (Å²) in [7, 11) is 1.57. The van der Waals surface area contributed by atoms with Crippen LogP contribution in [-0.4, -0.2) is 33.9 Å². The number of carbonyl (C=O) groups excluding carboxylic acids is 2. The molecule has 0 aliphatic rings. The Morgan fingerprint density at radius 3 is 2.76 bits per heavy atom. The number of fused-ring (bicyclic) bond motifs is 1. The predicted molar refractivity (Wildman–Crippen MR) is 122 cm³/mol. The summed E-state index contributed by atoms with van der Waals surface area (Å²) >= 11 is 0. The number of methoxy groups -OCH3 is 1. The Balaban J connectivity index is 1.47. The lowest BCUT2D eigenvalue weighted by Crippen LogP contribution is -2.24. The molecule has 9 heteroatoms. The van der Waals surface area contributed by atoms with Crippen LogP contribution < -0.4 is 15.4 Å². The van der Waals surface area contributed by atoms with E-state index in [2.05, 4.69) is 25.6 Å². The molecule has 0 radical (unpaired) electrons. The molecule has 8 nitrogen and oxygen atoms in total. The SMILES string of the molecule is COc1cccc(CC(=O)Nc2c[nH]c3c(C(=O)NCc4ccc(F)c(C)c4)ncnc23)c1. The van der Waals surface area contributed by atoms with Crippen molar-refractivity contribution in [2.24, 2.45) is 0 Å². The van der Waals surface area contributed by atoms with Crippen molar-refractivity contribution in [1.29, 1.82) is 0 Å². The molecule has 0 atom stereocenters. The Labute approximate surface area is 189 Å². The minimum Gasteiger partial charge on any atom is -0.497 e. The van der Waals surface area contributed by atoms with Gasteiger partial charge in [-0.3, -0.25) is 9.59 Å². The molecule has 4 aromatic rings. The zero-order valence-electron chi connectivity index (χ0n) is 18.1. The lowest BCUT2D eigenvalue weighted by Gasteiger charge is -2.07. The Morgan fingerprint density at radius 1 is 1.12 bits per heavy atom. The first kappa shape index (κ1) is 21.9. The number of amides is 2. The molecule has 0 spiro atoms. The van der Waals surface area contributed by atoms with Gasteiger partial charge in [0.1, 0.15) is 23.4 Å². The fourth-order valence-electron chi connectivity index (χ4n) is 3.45. The van der Waals surface area contributed by atoms with Crippen LogP contribution in [0.5, 0.6) is 5.75 Å². The van der Waals surface area contributed by atoms with Gasteiger partial charge in [0.15, 0.2) is 5.69 Å². The lowest BCUT2D eigenvalue weighted by molar-refractivity contribution is -0.115. The molecule has 0 aliphatic heterocycles. The van der Waals surface area contributed by atoms with Crippen molar-refractivity contribution in [2.45, 2.75) is 19.9 Å². The lowest BCUT2D eigenvalue weighted by atomic mass is 10.1. The fraction of sp³-hybridized carbons (Fsp3) is 0.167. The molecule has 2 aromatic carbocycles. The number of aromatic nitrogens is 3. The van der Waals surface area contributed by atoms with Crippen molar-refractivity contribution in [3.63, 3.8) is 0 Å². The van der Waals surface area contributed by atoms with Gasteiger partial charge in [-0.25, -0.2) is 14.4 Å². The normalized spacial score (nSPS) is 10.8. The zero-order chi connectivity index (χ0) is 23.4. The van der Waals surface area contributed by atoms with E-state index in [9.17, 15) is 14.0 Å². The molecule has 4 rings (SSSR count). The molecule has 0 fully saturated rings. The summed E-state index contributed by atoms with van der Waals surface area (Å²) in [6.45, 7) is 1.88. The van der Waals surface area contributed by atoms with Crippen LogP contribution in [0.1, 0.15) is 27.2 Å².